The minimum absolute atomic E-state index is 0.0332. The monoisotopic (exact) mass is 339 g/mol. The molecule has 1 aromatic rings. The predicted molar refractivity (Wildman–Crippen MR) is 72.0 cm³/mol. The fraction of sp³-hybridized carbons (Fsp3) is 0.583. The van der Waals surface area contributed by atoms with Crippen LogP contribution in [0.3, 0.4) is 0 Å². The molecule has 0 aromatic carbocycles. The van der Waals surface area contributed by atoms with Gasteiger partial charge in [0.2, 0.25) is 15.9 Å². The summed E-state index contributed by atoms with van der Waals surface area (Å²) >= 11 is 0. The Balaban J connectivity index is 2.08. The first-order chi connectivity index (χ1) is 10.2. The molecule has 124 valence electrons. The zero-order chi connectivity index (χ0) is 16.4. The maximum Gasteiger partial charge on any atom is 0.422 e. The van der Waals surface area contributed by atoms with Gasteiger partial charge in [-0.1, -0.05) is 0 Å². The van der Waals surface area contributed by atoms with Crippen molar-refractivity contribution in [3.8, 4) is 5.88 Å². The molecule has 1 atom stereocenters. The molecule has 1 unspecified atom stereocenters. The molecule has 0 spiro atoms. The first-order valence-corrected chi connectivity index (χ1v) is 8.01. The van der Waals surface area contributed by atoms with Crippen molar-refractivity contribution in [2.75, 3.05) is 26.2 Å². The van der Waals surface area contributed by atoms with Gasteiger partial charge in [0.05, 0.1) is 6.20 Å². The van der Waals surface area contributed by atoms with Crippen LogP contribution in [-0.4, -0.2) is 56.2 Å². The van der Waals surface area contributed by atoms with E-state index in [-0.39, 0.29) is 16.8 Å². The highest BCUT2D eigenvalue weighted by Crippen LogP contribution is 2.20. The summed E-state index contributed by atoms with van der Waals surface area (Å²) in [4.78, 5) is 3.55. The van der Waals surface area contributed by atoms with Crippen LogP contribution in [-0.2, 0) is 10.0 Å². The highest BCUT2D eigenvalue weighted by molar-refractivity contribution is 7.89. The molecular weight excluding hydrogens is 323 g/mol. The van der Waals surface area contributed by atoms with E-state index in [1.165, 1.54) is 10.4 Å². The van der Waals surface area contributed by atoms with Gasteiger partial charge in [-0.2, -0.15) is 17.5 Å². The van der Waals surface area contributed by atoms with E-state index in [4.69, 9.17) is 0 Å². The zero-order valence-corrected chi connectivity index (χ0v) is 12.6. The summed E-state index contributed by atoms with van der Waals surface area (Å²) in [5.41, 5.74) is 0. The van der Waals surface area contributed by atoms with E-state index in [1.54, 1.807) is 0 Å². The third kappa shape index (κ3) is 4.31. The number of sulfonamides is 1. The van der Waals surface area contributed by atoms with Crippen LogP contribution in [0.4, 0.5) is 13.2 Å². The molecule has 0 aliphatic carbocycles. The van der Waals surface area contributed by atoms with Crippen molar-refractivity contribution in [1.29, 1.82) is 0 Å². The number of hydrogen-bond acceptors (Lipinski definition) is 5. The molecular formula is C12H16F3N3O3S. The maximum absolute atomic E-state index is 12.4. The molecule has 2 heterocycles. The molecule has 0 saturated carbocycles. The minimum Gasteiger partial charge on any atom is -0.468 e. The fourth-order valence-electron chi connectivity index (χ4n) is 2.02. The molecule has 0 amide bonds. The first-order valence-electron chi connectivity index (χ1n) is 6.57. The second kappa shape index (κ2) is 6.39. The maximum atomic E-state index is 12.4. The summed E-state index contributed by atoms with van der Waals surface area (Å²) in [5.74, 6) is -0.273. The number of nitrogens with zero attached hydrogens (tertiary/aromatic N) is 2. The first kappa shape index (κ1) is 17.0. The summed E-state index contributed by atoms with van der Waals surface area (Å²) < 4.78 is 66.6. The lowest BCUT2D eigenvalue weighted by molar-refractivity contribution is -0.154. The molecule has 1 aromatic heterocycles. The van der Waals surface area contributed by atoms with Crippen molar-refractivity contribution >= 4 is 10.0 Å². The van der Waals surface area contributed by atoms with Crippen LogP contribution < -0.4 is 10.1 Å². The van der Waals surface area contributed by atoms with E-state index < -0.39 is 22.8 Å². The molecule has 10 heteroatoms. The Morgan fingerprint density at radius 3 is 2.73 bits per heavy atom. The van der Waals surface area contributed by atoms with Gasteiger partial charge in [0.15, 0.2) is 6.61 Å². The van der Waals surface area contributed by atoms with Crippen molar-refractivity contribution in [3.63, 3.8) is 0 Å². The van der Waals surface area contributed by atoms with E-state index in [9.17, 15) is 21.6 Å². The Labute approximate surface area is 126 Å². The number of pyridine rings is 1. The second-order valence-corrected chi connectivity index (χ2v) is 6.89. The number of ether oxygens (including phenoxy) is 1. The Morgan fingerprint density at radius 1 is 1.45 bits per heavy atom. The van der Waals surface area contributed by atoms with Crippen LogP contribution in [0, 0.1) is 0 Å². The number of halogens is 3. The van der Waals surface area contributed by atoms with Gasteiger partial charge in [0.1, 0.15) is 4.90 Å². The van der Waals surface area contributed by atoms with Gasteiger partial charge in [0, 0.05) is 31.7 Å². The molecule has 22 heavy (non-hydrogen) atoms. The number of rotatable bonds is 4. The number of aromatic nitrogens is 1. The quantitative estimate of drug-likeness (QED) is 0.886. The standard InChI is InChI=1S/C12H16F3N3O3S/c1-9-7-18(5-4-16-9)22(19,20)10-2-3-11(17-6-10)21-8-12(13,14)15/h2-3,6,9,16H,4-5,7-8H2,1H3. The van der Waals surface area contributed by atoms with Crippen LogP contribution in [0.5, 0.6) is 5.88 Å². The van der Waals surface area contributed by atoms with Crippen molar-refractivity contribution in [2.24, 2.45) is 0 Å². The van der Waals surface area contributed by atoms with Gasteiger partial charge in [-0.15, -0.1) is 0 Å². The predicted octanol–water partition coefficient (Wildman–Crippen LogP) is 1.01. The highest BCUT2D eigenvalue weighted by Gasteiger charge is 2.30. The van der Waals surface area contributed by atoms with Crippen molar-refractivity contribution in [1.82, 2.24) is 14.6 Å². The van der Waals surface area contributed by atoms with Crippen LogP contribution in [0.25, 0.3) is 0 Å². The van der Waals surface area contributed by atoms with Crippen LogP contribution >= 0.6 is 0 Å². The lowest BCUT2D eigenvalue weighted by atomic mass is 10.3. The zero-order valence-electron chi connectivity index (χ0n) is 11.8. The van der Waals surface area contributed by atoms with Crippen molar-refractivity contribution in [2.45, 2.75) is 24.0 Å². The molecule has 1 N–H and O–H groups in total. The van der Waals surface area contributed by atoms with Gasteiger partial charge >= 0.3 is 6.18 Å². The van der Waals surface area contributed by atoms with E-state index in [0.29, 0.717) is 19.6 Å². The van der Waals surface area contributed by atoms with E-state index >= 15 is 0 Å². The summed E-state index contributed by atoms with van der Waals surface area (Å²) in [5, 5.41) is 3.13. The van der Waals surface area contributed by atoms with Gasteiger partial charge in [-0.25, -0.2) is 13.4 Å². The summed E-state index contributed by atoms with van der Waals surface area (Å²) in [6.07, 6.45) is -3.46. The van der Waals surface area contributed by atoms with E-state index in [2.05, 4.69) is 15.0 Å². The van der Waals surface area contributed by atoms with Crippen molar-refractivity contribution < 1.29 is 26.3 Å². The van der Waals surface area contributed by atoms with Crippen LogP contribution in [0.2, 0.25) is 0 Å². The summed E-state index contributed by atoms with van der Waals surface area (Å²) in [6.45, 7) is 1.60. The van der Waals surface area contributed by atoms with Crippen LogP contribution in [0.1, 0.15) is 6.92 Å². The number of hydrogen-bond donors (Lipinski definition) is 1. The average molecular weight is 339 g/mol. The van der Waals surface area contributed by atoms with Gasteiger partial charge in [-0.3, -0.25) is 0 Å². The molecule has 0 bridgehead atoms. The number of nitrogens with one attached hydrogen (secondary N) is 1. The molecule has 1 aliphatic rings. The summed E-state index contributed by atoms with van der Waals surface area (Å²) in [6, 6.07) is 2.34. The average Bonchev–Trinajstić information content (AvgIpc) is 2.45. The molecule has 1 saturated heterocycles. The smallest absolute Gasteiger partial charge is 0.422 e. The SMILES string of the molecule is CC1CN(S(=O)(=O)c2ccc(OCC(F)(F)F)nc2)CCN1. The van der Waals surface area contributed by atoms with Gasteiger partial charge in [-0.05, 0) is 13.0 Å². The highest BCUT2D eigenvalue weighted by atomic mass is 32.2. The van der Waals surface area contributed by atoms with E-state index in [1.807, 2.05) is 6.92 Å². The van der Waals surface area contributed by atoms with Gasteiger partial charge in [0.25, 0.3) is 0 Å². The van der Waals surface area contributed by atoms with Gasteiger partial charge < -0.3 is 10.1 Å². The lowest BCUT2D eigenvalue weighted by Crippen LogP contribution is -2.51. The molecule has 1 aliphatic heterocycles. The molecule has 6 nitrogen and oxygen atoms in total. The fourth-order valence-corrected chi connectivity index (χ4v) is 3.50. The molecule has 1 fully saturated rings. The topological polar surface area (TPSA) is 71.5 Å². The molecule has 2 rings (SSSR count). The second-order valence-electron chi connectivity index (χ2n) is 4.95. The van der Waals surface area contributed by atoms with E-state index in [0.717, 1.165) is 12.3 Å². The Bertz CT molecular complexity index is 604. The normalized spacial score (nSPS) is 20.8. The Kier molecular flexibility index (Phi) is 4.93. The Morgan fingerprint density at radius 2 is 2.18 bits per heavy atom. The van der Waals surface area contributed by atoms with Crippen molar-refractivity contribution in [3.05, 3.63) is 18.3 Å². The molecule has 0 radical (unpaired) electrons. The summed E-state index contributed by atoms with van der Waals surface area (Å²) in [7, 11) is -3.70. The third-order valence-electron chi connectivity index (χ3n) is 3.06. The third-order valence-corrected chi connectivity index (χ3v) is 4.91. The Hall–Kier alpha value is -1.39. The van der Waals surface area contributed by atoms with Crippen LogP contribution in [0.15, 0.2) is 23.2 Å². The number of alkyl halides is 3. The number of piperazine rings is 1. The largest absolute Gasteiger partial charge is 0.468 e. The minimum atomic E-state index is -4.47. The lowest BCUT2D eigenvalue weighted by Gasteiger charge is -2.30.